The van der Waals surface area contributed by atoms with E-state index in [9.17, 15) is 13.2 Å². The van der Waals surface area contributed by atoms with Crippen LogP contribution in [-0.4, -0.2) is 9.97 Å². The van der Waals surface area contributed by atoms with Crippen molar-refractivity contribution in [1.82, 2.24) is 9.97 Å². The molecule has 0 atom stereocenters. The number of benzene rings is 1. The normalized spacial score (nSPS) is 11.8. The number of hydrogen-bond donors (Lipinski definition) is 1. The first-order chi connectivity index (χ1) is 7.88. The zero-order chi connectivity index (χ0) is 12.6. The van der Waals surface area contributed by atoms with Gasteiger partial charge in [-0.3, -0.25) is 0 Å². The van der Waals surface area contributed by atoms with E-state index in [4.69, 9.17) is 11.6 Å². The van der Waals surface area contributed by atoms with Crippen molar-refractivity contribution in [1.29, 1.82) is 0 Å². The summed E-state index contributed by atoms with van der Waals surface area (Å²) < 4.78 is 37.4. The molecule has 90 valence electrons. The Hall–Kier alpha value is -1.49. The summed E-state index contributed by atoms with van der Waals surface area (Å²) in [4.78, 5) is 6.95. The van der Waals surface area contributed by atoms with Crippen molar-refractivity contribution in [3.8, 4) is 11.4 Å². The Morgan fingerprint density at radius 2 is 2.00 bits per heavy atom. The van der Waals surface area contributed by atoms with E-state index in [0.29, 0.717) is 11.4 Å². The lowest BCUT2D eigenvalue weighted by Gasteiger charge is -2.09. The number of rotatable bonds is 1. The fourth-order valence-corrected chi connectivity index (χ4v) is 1.74. The topological polar surface area (TPSA) is 28.7 Å². The number of aryl methyl sites for hydroxylation is 1. The third-order valence-electron chi connectivity index (χ3n) is 2.25. The molecule has 2 nitrogen and oxygen atoms in total. The molecule has 0 bridgehead atoms. The molecular weight excluding hydrogens is 253 g/mol. The van der Waals surface area contributed by atoms with Gasteiger partial charge in [-0.1, -0.05) is 17.7 Å². The summed E-state index contributed by atoms with van der Waals surface area (Å²) in [5, 5.41) is -0.330. The van der Waals surface area contributed by atoms with Gasteiger partial charge in [0.15, 0.2) is 0 Å². The van der Waals surface area contributed by atoms with E-state index >= 15 is 0 Å². The number of nitrogens with one attached hydrogen (secondary N) is 1. The minimum atomic E-state index is -4.44. The number of H-pyrrole nitrogens is 1. The highest BCUT2D eigenvalue weighted by atomic mass is 35.5. The predicted molar refractivity (Wildman–Crippen MR) is 58.8 cm³/mol. The number of aromatic nitrogens is 2. The fourth-order valence-electron chi connectivity index (χ4n) is 1.45. The molecule has 1 aromatic carbocycles. The summed E-state index contributed by atoms with van der Waals surface area (Å²) in [7, 11) is 0. The monoisotopic (exact) mass is 260 g/mol. The molecule has 1 aromatic heterocycles. The van der Waals surface area contributed by atoms with Crippen LogP contribution in [0.1, 0.15) is 11.3 Å². The molecule has 0 aliphatic rings. The highest BCUT2D eigenvalue weighted by molar-refractivity contribution is 6.31. The van der Waals surface area contributed by atoms with Gasteiger partial charge >= 0.3 is 6.18 Å². The van der Waals surface area contributed by atoms with Crippen molar-refractivity contribution in [2.75, 3.05) is 0 Å². The van der Waals surface area contributed by atoms with Crippen LogP contribution in [0.25, 0.3) is 11.4 Å². The van der Waals surface area contributed by atoms with Gasteiger partial charge in [0.1, 0.15) is 5.82 Å². The van der Waals surface area contributed by atoms with Gasteiger partial charge in [0.2, 0.25) is 0 Å². The number of aromatic amines is 1. The lowest BCUT2D eigenvalue weighted by molar-refractivity contribution is -0.137. The third kappa shape index (κ3) is 2.44. The second kappa shape index (κ2) is 4.07. The molecule has 2 aromatic rings. The van der Waals surface area contributed by atoms with Gasteiger partial charge < -0.3 is 4.98 Å². The van der Waals surface area contributed by atoms with Gasteiger partial charge in [-0.2, -0.15) is 13.2 Å². The van der Waals surface area contributed by atoms with Crippen LogP contribution in [0.4, 0.5) is 13.2 Å². The van der Waals surface area contributed by atoms with E-state index in [0.717, 1.165) is 11.8 Å². The van der Waals surface area contributed by atoms with Gasteiger partial charge in [-0.15, -0.1) is 0 Å². The predicted octanol–water partition coefficient (Wildman–Crippen LogP) is 4.06. The minimum Gasteiger partial charge on any atom is -0.342 e. The first-order valence-corrected chi connectivity index (χ1v) is 5.14. The molecule has 0 amide bonds. The zero-order valence-corrected chi connectivity index (χ0v) is 9.52. The Morgan fingerprint density at radius 3 is 2.47 bits per heavy atom. The van der Waals surface area contributed by atoms with E-state index in [-0.39, 0.29) is 5.02 Å². The number of alkyl halides is 3. The third-order valence-corrected chi connectivity index (χ3v) is 2.56. The second-order valence-electron chi connectivity index (χ2n) is 3.61. The van der Waals surface area contributed by atoms with Gasteiger partial charge in [0.25, 0.3) is 0 Å². The molecule has 0 aliphatic heterocycles. The van der Waals surface area contributed by atoms with E-state index in [1.54, 1.807) is 6.20 Å². The van der Waals surface area contributed by atoms with Crippen molar-refractivity contribution in [3.63, 3.8) is 0 Å². The summed E-state index contributed by atoms with van der Waals surface area (Å²) in [6.45, 7) is 1.81. The van der Waals surface area contributed by atoms with Crippen LogP contribution in [-0.2, 0) is 6.18 Å². The average Bonchev–Trinajstić information content (AvgIpc) is 2.62. The first kappa shape index (κ1) is 12.0. The Labute approximate surface area is 100 Å². The summed E-state index contributed by atoms with van der Waals surface area (Å²) in [6, 6.07) is 3.55. The molecule has 0 aliphatic carbocycles. The van der Waals surface area contributed by atoms with Crippen LogP contribution in [0.2, 0.25) is 5.02 Å². The molecule has 0 saturated carbocycles. The summed E-state index contributed by atoms with van der Waals surface area (Å²) in [5.41, 5.74) is 0.512. The van der Waals surface area contributed by atoms with Crippen LogP contribution < -0.4 is 0 Å². The Bertz CT molecular complexity index is 546. The highest BCUT2D eigenvalue weighted by Gasteiger charge is 2.33. The molecule has 17 heavy (non-hydrogen) atoms. The molecule has 0 fully saturated rings. The minimum absolute atomic E-state index is 0.330. The van der Waals surface area contributed by atoms with Crippen LogP contribution in [0.15, 0.2) is 24.4 Å². The number of halogens is 4. The van der Waals surface area contributed by atoms with Crippen LogP contribution in [0, 0.1) is 6.92 Å². The smallest absolute Gasteiger partial charge is 0.342 e. The lowest BCUT2D eigenvalue weighted by Crippen LogP contribution is -2.05. The fraction of sp³-hybridized carbons (Fsp3) is 0.182. The molecular formula is C11H8ClF3N2. The van der Waals surface area contributed by atoms with Gasteiger partial charge in [0.05, 0.1) is 10.6 Å². The molecule has 0 unspecified atom stereocenters. The average molecular weight is 261 g/mol. The van der Waals surface area contributed by atoms with Crippen molar-refractivity contribution in [2.45, 2.75) is 13.1 Å². The van der Waals surface area contributed by atoms with Crippen LogP contribution >= 0.6 is 11.6 Å². The number of imidazole rings is 1. The summed E-state index contributed by atoms with van der Waals surface area (Å²) in [5.74, 6) is 0.498. The second-order valence-corrected chi connectivity index (χ2v) is 4.01. The SMILES string of the molecule is Cc1cnc(-c2ccc(C(F)(F)F)c(Cl)c2)[nH]1. The molecule has 6 heteroatoms. The Kier molecular flexibility index (Phi) is 2.87. The van der Waals surface area contributed by atoms with E-state index in [2.05, 4.69) is 9.97 Å². The molecule has 0 spiro atoms. The van der Waals surface area contributed by atoms with Crippen LogP contribution in [0.3, 0.4) is 0 Å². The maximum atomic E-state index is 12.5. The van der Waals surface area contributed by atoms with E-state index in [1.807, 2.05) is 6.92 Å². The quantitative estimate of drug-likeness (QED) is 0.823. The van der Waals surface area contributed by atoms with E-state index in [1.165, 1.54) is 12.1 Å². The maximum absolute atomic E-state index is 12.5. The summed E-state index contributed by atoms with van der Waals surface area (Å²) in [6.07, 6.45) is -2.84. The number of hydrogen-bond acceptors (Lipinski definition) is 1. The van der Waals surface area contributed by atoms with E-state index < -0.39 is 11.7 Å². The van der Waals surface area contributed by atoms with Crippen molar-refractivity contribution >= 4 is 11.6 Å². The van der Waals surface area contributed by atoms with Gasteiger partial charge in [0, 0.05) is 17.5 Å². The molecule has 0 saturated heterocycles. The van der Waals surface area contributed by atoms with Crippen LogP contribution in [0.5, 0.6) is 0 Å². The molecule has 2 rings (SSSR count). The van der Waals surface area contributed by atoms with Crippen molar-refractivity contribution in [2.24, 2.45) is 0 Å². The van der Waals surface area contributed by atoms with Crippen molar-refractivity contribution < 1.29 is 13.2 Å². The first-order valence-electron chi connectivity index (χ1n) is 4.76. The van der Waals surface area contributed by atoms with Crippen molar-refractivity contribution in [3.05, 3.63) is 40.7 Å². The lowest BCUT2D eigenvalue weighted by atomic mass is 10.1. The Balaban J connectivity index is 2.44. The largest absolute Gasteiger partial charge is 0.417 e. The maximum Gasteiger partial charge on any atom is 0.417 e. The molecule has 1 heterocycles. The summed E-state index contributed by atoms with van der Waals surface area (Å²) >= 11 is 5.61. The zero-order valence-electron chi connectivity index (χ0n) is 8.77. The number of nitrogens with zero attached hydrogens (tertiary/aromatic N) is 1. The standard InChI is InChI=1S/C11H8ClF3N2/c1-6-5-16-10(17-6)7-2-3-8(9(12)4-7)11(13,14)15/h2-5H,1H3,(H,16,17). The van der Waals surface area contributed by atoms with Gasteiger partial charge in [-0.05, 0) is 19.1 Å². The highest BCUT2D eigenvalue weighted by Crippen LogP contribution is 2.36. The molecule has 0 radical (unpaired) electrons. The van der Waals surface area contributed by atoms with Gasteiger partial charge in [-0.25, -0.2) is 4.98 Å². The Morgan fingerprint density at radius 1 is 1.29 bits per heavy atom. The molecule has 1 N–H and O–H groups in total.